The fraction of sp³-hybridized carbons (Fsp3) is 0.567. The van der Waals surface area contributed by atoms with Crippen molar-refractivity contribution >= 4 is 5.97 Å². The van der Waals surface area contributed by atoms with Gasteiger partial charge in [0.25, 0.3) is 0 Å². The van der Waals surface area contributed by atoms with E-state index in [9.17, 15) is 15.0 Å². The van der Waals surface area contributed by atoms with E-state index in [1.54, 1.807) is 13.2 Å². The Bertz CT molecular complexity index is 1000. The average Bonchev–Trinajstić information content (AvgIpc) is 3.06. The van der Waals surface area contributed by atoms with E-state index in [-0.39, 0.29) is 23.9 Å². The van der Waals surface area contributed by atoms with E-state index in [2.05, 4.69) is 26.0 Å². The number of aryl methyl sites for hydroxylation is 1. The van der Waals surface area contributed by atoms with Crippen LogP contribution in [0.4, 0.5) is 0 Å². The van der Waals surface area contributed by atoms with E-state index in [1.165, 1.54) is 6.92 Å². The highest BCUT2D eigenvalue weighted by Crippen LogP contribution is 2.33. The molecule has 2 rings (SSSR count). The van der Waals surface area contributed by atoms with Gasteiger partial charge >= 0.3 is 5.97 Å². The van der Waals surface area contributed by atoms with Crippen molar-refractivity contribution in [2.45, 2.75) is 104 Å². The summed E-state index contributed by atoms with van der Waals surface area (Å²) in [5.74, 6) is 0.677. The number of phenols is 1. The third-order valence-corrected chi connectivity index (χ3v) is 6.77. The van der Waals surface area contributed by atoms with Crippen molar-refractivity contribution in [2.75, 3.05) is 7.11 Å². The van der Waals surface area contributed by atoms with Gasteiger partial charge in [-0.3, -0.25) is 4.79 Å². The van der Waals surface area contributed by atoms with Crippen LogP contribution in [0.3, 0.4) is 0 Å². The zero-order chi connectivity index (χ0) is 27.0. The zero-order valence-corrected chi connectivity index (χ0v) is 23.2. The molecule has 1 fully saturated rings. The van der Waals surface area contributed by atoms with Gasteiger partial charge in [0.2, 0.25) is 0 Å². The van der Waals surface area contributed by atoms with Crippen molar-refractivity contribution in [3.63, 3.8) is 0 Å². The van der Waals surface area contributed by atoms with Gasteiger partial charge in [-0.15, -0.1) is 0 Å². The summed E-state index contributed by atoms with van der Waals surface area (Å²) in [6.07, 6.45) is 8.85. The van der Waals surface area contributed by atoms with Crippen LogP contribution in [0.15, 0.2) is 47.1 Å². The first-order valence-electron chi connectivity index (χ1n) is 12.7. The maximum Gasteiger partial charge on any atom is 0.303 e. The molecule has 1 aliphatic rings. The molecule has 3 atom stereocenters. The van der Waals surface area contributed by atoms with E-state index < -0.39 is 11.7 Å². The molecule has 1 heterocycles. The second-order valence-corrected chi connectivity index (χ2v) is 10.5. The lowest BCUT2D eigenvalue weighted by Gasteiger charge is -2.22. The number of methoxy groups -OCH3 is 1. The number of aromatic hydroxyl groups is 1. The Morgan fingerprint density at radius 3 is 2.47 bits per heavy atom. The number of rotatable bonds is 11. The summed E-state index contributed by atoms with van der Waals surface area (Å²) in [7, 11) is 1.61. The van der Waals surface area contributed by atoms with Gasteiger partial charge < -0.3 is 24.4 Å². The fourth-order valence-electron chi connectivity index (χ4n) is 4.44. The van der Waals surface area contributed by atoms with Gasteiger partial charge in [0.05, 0.1) is 24.9 Å². The molecule has 0 amide bonds. The molecule has 1 unspecified atom stereocenters. The van der Waals surface area contributed by atoms with Gasteiger partial charge in [0.1, 0.15) is 17.6 Å². The number of hydrogen-bond acceptors (Lipinski definition) is 6. The summed E-state index contributed by atoms with van der Waals surface area (Å²) < 4.78 is 16.9. The highest BCUT2D eigenvalue weighted by molar-refractivity contribution is 5.66. The molecule has 1 aromatic carbocycles. The lowest BCUT2D eigenvalue weighted by Crippen LogP contribution is -2.31. The van der Waals surface area contributed by atoms with E-state index >= 15 is 0 Å². The topological polar surface area (TPSA) is 85.2 Å². The standard InChI is InChI=1S/C30H44O6/c1-19(10-9-11-21(3)27-18-28(32)30(6,7)36-27)14-26(35-23(5)31)15-20(2)12-13-24-17-25(34-8)16-22(4)29(24)33/h11-12,14,16-17,26-28,32-33H,9-10,13,15,18H2,1-8H3/b19-14+,20-12+,21-11+/t26?,27-,28-/m0/s1. The first kappa shape index (κ1) is 29.7. The van der Waals surface area contributed by atoms with Crippen LogP contribution in [-0.4, -0.2) is 47.2 Å². The summed E-state index contributed by atoms with van der Waals surface area (Å²) in [5, 5.41) is 20.6. The number of carbonyl (C=O) groups excluding carboxylic acids is 1. The van der Waals surface area contributed by atoms with Crippen molar-refractivity contribution in [1.82, 2.24) is 0 Å². The molecule has 2 N–H and O–H groups in total. The van der Waals surface area contributed by atoms with Crippen LogP contribution in [0, 0.1) is 6.92 Å². The summed E-state index contributed by atoms with van der Waals surface area (Å²) in [6, 6.07) is 3.65. The van der Waals surface area contributed by atoms with Crippen LogP contribution >= 0.6 is 0 Å². The quantitative estimate of drug-likeness (QED) is 0.281. The first-order valence-corrected chi connectivity index (χ1v) is 12.7. The Balaban J connectivity index is 2.00. The van der Waals surface area contributed by atoms with Crippen molar-refractivity contribution < 1.29 is 29.2 Å². The van der Waals surface area contributed by atoms with E-state index in [0.29, 0.717) is 25.0 Å². The third kappa shape index (κ3) is 8.82. The molecule has 1 aliphatic heterocycles. The highest BCUT2D eigenvalue weighted by Gasteiger charge is 2.40. The van der Waals surface area contributed by atoms with Gasteiger partial charge in [-0.1, -0.05) is 23.3 Å². The number of hydrogen-bond donors (Lipinski definition) is 2. The summed E-state index contributed by atoms with van der Waals surface area (Å²) >= 11 is 0. The number of aliphatic hydroxyl groups excluding tert-OH is 1. The van der Waals surface area contributed by atoms with Crippen LogP contribution in [-0.2, 0) is 20.7 Å². The molecule has 0 saturated carbocycles. The van der Waals surface area contributed by atoms with E-state index in [1.807, 2.05) is 39.8 Å². The van der Waals surface area contributed by atoms with Crippen molar-refractivity contribution in [1.29, 1.82) is 0 Å². The van der Waals surface area contributed by atoms with E-state index in [0.717, 1.165) is 40.7 Å². The van der Waals surface area contributed by atoms with Crippen molar-refractivity contribution in [2.24, 2.45) is 0 Å². The molecular formula is C30H44O6. The van der Waals surface area contributed by atoms with E-state index in [4.69, 9.17) is 14.2 Å². The molecule has 0 aliphatic carbocycles. The van der Waals surface area contributed by atoms with Gasteiger partial charge in [0.15, 0.2) is 0 Å². The second kappa shape index (κ2) is 13.1. The van der Waals surface area contributed by atoms with Gasteiger partial charge in [-0.25, -0.2) is 0 Å². The number of phenolic OH excluding ortho intramolecular Hbond substituents is 1. The minimum absolute atomic E-state index is 0.0475. The Morgan fingerprint density at radius 2 is 1.89 bits per heavy atom. The zero-order valence-electron chi connectivity index (χ0n) is 23.2. The highest BCUT2D eigenvalue weighted by atomic mass is 16.5. The number of benzene rings is 1. The number of ether oxygens (including phenoxy) is 3. The molecule has 6 nitrogen and oxygen atoms in total. The molecule has 0 radical (unpaired) electrons. The summed E-state index contributed by atoms with van der Waals surface area (Å²) in [6.45, 7) is 13.2. The summed E-state index contributed by atoms with van der Waals surface area (Å²) in [5.41, 5.74) is 4.41. The SMILES string of the molecule is COc1cc(C)c(O)c(C/C=C(\C)CC(/C=C(\C)CC/C=C(\C)[C@@H]2C[C@H](O)C(C)(C)O2)OC(C)=O)c1. The molecular weight excluding hydrogens is 456 g/mol. The van der Waals surface area contributed by atoms with Crippen LogP contribution in [0.25, 0.3) is 0 Å². The van der Waals surface area contributed by atoms with Crippen molar-refractivity contribution in [3.8, 4) is 11.5 Å². The predicted molar refractivity (Wildman–Crippen MR) is 143 cm³/mol. The Morgan fingerprint density at radius 1 is 1.19 bits per heavy atom. The third-order valence-electron chi connectivity index (χ3n) is 6.77. The Labute approximate surface area is 216 Å². The van der Waals surface area contributed by atoms with Gasteiger partial charge in [0, 0.05) is 25.3 Å². The minimum atomic E-state index is -0.512. The van der Waals surface area contributed by atoms with Crippen LogP contribution < -0.4 is 4.74 Å². The van der Waals surface area contributed by atoms with Crippen molar-refractivity contribution in [3.05, 3.63) is 58.2 Å². The maximum absolute atomic E-state index is 11.7. The number of esters is 1. The molecule has 0 aromatic heterocycles. The maximum atomic E-state index is 11.7. The predicted octanol–water partition coefficient (Wildman–Crippen LogP) is 6.12. The van der Waals surface area contributed by atoms with Gasteiger partial charge in [-0.05, 0) is 90.2 Å². The molecule has 200 valence electrons. The normalized spacial score (nSPS) is 21.4. The summed E-state index contributed by atoms with van der Waals surface area (Å²) in [4.78, 5) is 11.7. The van der Waals surface area contributed by atoms with Crippen LogP contribution in [0.5, 0.6) is 11.5 Å². The van der Waals surface area contributed by atoms with Crippen LogP contribution in [0.2, 0.25) is 0 Å². The molecule has 36 heavy (non-hydrogen) atoms. The monoisotopic (exact) mass is 500 g/mol. The first-order chi connectivity index (χ1) is 16.8. The van der Waals surface area contributed by atoms with Crippen LogP contribution in [0.1, 0.15) is 78.4 Å². The minimum Gasteiger partial charge on any atom is -0.507 e. The molecule has 1 saturated heterocycles. The Hall–Kier alpha value is -2.57. The smallest absolute Gasteiger partial charge is 0.303 e. The average molecular weight is 501 g/mol. The molecule has 0 spiro atoms. The Kier molecular flexibility index (Phi) is 10.8. The van der Waals surface area contributed by atoms with Gasteiger partial charge in [-0.2, -0.15) is 0 Å². The number of carbonyl (C=O) groups is 1. The lowest BCUT2D eigenvalue weighted by molar-refractivity contribution is -0.144. The largest absolute Gasteiger partial charge is 0.507 e. The number of allylic oxidation sites excluding steroid dienone is 3. The number of aliphatic hydroxyl groups is 1. The fourth-order valence-corrected chi connectivity index (χ4v) is 4.44. The second-order valence-electron chi connectivity index (χ2n) is 10.5. The lowest BCUT2D eigenvalue weighted by atomic mass is 9.98. The molecule has 0 bridgehead atoms. The molecule has 6 heteroatoms. The molecule has 1 aromatic rings.